The van der Waals surface area contributed by atoms with Gasteiger partial charge in [0, 0.05) is 51.2 Å². The van der Waals surface area contributed by atoms with Crippen LogP contribution in [0.25, 0.3) is 32.3 Å². The summed E-state index contributed by atoms with van der Waals surface area (Å²) in [5, 5.41) is 18.1. The number of fused-ring (bicyclic) bond motifs is 3. The second-order valence-electron chi connectivity index (χ2n) is 13.0. The summed E-state index contributed by atoms with van der Waals surface area (Å²) in [7, 11) is 0. The van der Waals surface area contributed by atoms with Crippen molar-refractivity contribution in [2.75, 3.05) is 20.9 Å². The smallest absolute Gasteiger partial charge is 0.0463 e. The lowest BCUT2D eigenvalue weighted by Crippen LogP contribution is -2.10. The average Bonchev–Trinajstić information content (AvgIpc) is 3.20. The van der Waals surface area contributed by atoms with E-state index in [2.05, 4.69) is 221 Å². The molecule has 0 unspecified atom stereocenters. The topological polar surface area (TPSA) is 39.3 Å². The maximum atomic E-state index is 3.59. The Labute approximate surface area is 303 Å². The van der Waals surface area contributed by atoms with Crippen molar-refractivity contribution in [1.29, 1.82) is 0 Å². The summed E-state index contributed by atoms with van der Waals surface area (Å²) in [6, 6.07) is 70.6. The number of nitrogens with zero attached hydrogens (tertiary/aromatic N) is 1. The molecular formula is C48H36N4. The van der Waals surface area contributed by atoms with E-state index < -0.39 is 0 Å². The van der Waals surface area contributed by atoms with Crippen molar-refractivity contribution in [1.82, 2.24) is 0 Å². The van der Waals surface area contributed by atoms with Crippen molar-refractivity contribution >= 4 is 83.5 Å². The first-order valence-corrected chi connectivity index (χ1v) is 17.6. The maximum Gasteiger partial charge on any atom is 0.0463 e. The Hall–Kier alpha value is -7.04. The Morgan fingerprint density at radius 2 is 0.481 bits per heavy atom. The molecule has 0 saturated carbocycles. The van der Waals surface area contributed by atoms with Crippen LogP contribution in [-0.2, 0) is 0 Å². The van der Waals surface area contributed by atoms with Crippen LogP contribution in [-0.4, -0.2) is 0 Å². The third kappa shape index (κ3) is 6.61. The first-order chi connectivity index (χ1) is 25.7. The molecule has 0 bridgehead atoms. The number of anilines is 9. The lowest BCUT2D eigenvalue weighted by Gasteiger charge is -2.26. The summed E-state index contributed by atoms with van der Waals surface area (Å²) in [5.41, 5.74) is 9.47. The van der Waals surface area contributed by atoms with Crippen LogP contribution in [0.15, 0.2) is 200 Å². The van der Waals surface area contributed by atoms with Crippen LogP contribution >= 0.6 is 0 Å². The fourth-order valence-electron chi connectivity index (χ4n) is 6.83. The van der Waals surface area contributed by atoms with Gasteiger partial charge in [-0.25, -0.2) is 0 Å². The Morgan fingerprint density at radius 1 is 0.231 bits per heavy atom. The molecule has 4 nitrogen and oxygen atoms in total. The van der Waals surface area contributed by atoms with Crippen LogP contribution < -0.4 is 20.9 Å². The normalized spacial score (nSPS) is 11.1. The van der Waals surface area contributed by atoms with Crippen molar-refractivity contribution in [3.05, 3.63) is 200 Å². The number of hydrogen-bond donors (Lipinski definition) is 3. The SMILES string of the molecule is c1ccc2cc(Nc3ccc(N(c4ccc(Nc5ccc6ccccc6c5)cc4)c4ccc(Nc5ccc6ccccc6c5)cc4)cc3)ccc2c1. The number of rotatable bonds is 9. The summed E-state index contributed by atoms with van der Waals surface area (Å²) >= 11 is 0. The second-order valence-corrected chi connectivity index (χ2v) is 13.0. The van der Waals surface area contributed by atoms with E-state index in [1.165, 1.54) is 32.3 Å². The zero-order valence-corrected chi connectivity index (χ0v) is 28.5. The molecule has 0 heterocycles. The molecule has 0 saturated heterocycles. The van der Waals surface area contributed by atoms with E-state index in [4.69, 9.17) is 0 Å². The molecule has 0 spiro atoms. The van der Waals surface area contributed by atoms with Gasteiger partial charge in [-0.05, 0) is 142 Å². The minimum Gasteiger partial charge on any atom is -0.356 e. The molecule has 248 valence electrons. The maximum absolute atomic E-state index is 3.59. The summed E-state index contributed by atoms with van der Waals surface area (Å²) < 4.78 is 0. The third-order valence-electron chi connectivity index (χ3n) is 9.49. The fourth-order valence-corrected chi connectivity index (χ4v) is 6.83. The number of hydrogen-bond acceptors (Lipinski definition) is 4. The Morgan fingerprint density at radius 3 is 0.769 bits per heavy atom. The molecule has 0 radical (unpaired) electrons. The van der Waals surface area contributed by atoms with Crippen LogP contribution in [0, 0.1) is 0 Å². The molecule has 9 aromatic rings. The van der Waals surface area contributed by atoms with Gasteiger partial charge in [0.05, 0.1) is 0 Å². The van der Waals surface area contributed by atoms with Gasteiger partial charge in [0.15, 0.2) is 0 Å². The summed E-state index contributed by atoms with van der Waals surface area (Å²) in [5.74, 6) is 0. The Kier molecular flexibility index (Phi) is 8.16. The van der Waals surface area contributed by atoms with Gasteiger partial charge in [0.25, 0.3) is 0 Å². The van der Waals surface area contributed by atoms with Crippen LogP contribution in [0.1, 0.15) is 0 Å². The van der Waals surface area contributed by atoms with Gasteiger partial charge in [-0.1, -0.05) is 91.0 Å². The van der Waals surface area contributed by atoms with Gasteiger partial charge >= 0.3 is 0 Å². The van der Waals surface area contributed by atoms with Gasteiger partial charge in [0.2, 0.25) is 0 Å². The molecule has 0 amide bonds. The predicted molar refractivity (Wildman–Crippen MR) is 223 cm³/mol. The lowest BCUT2D eigenvalue weighted by molar-refractivity contribution is 1.28. The van der Waals surface area contributed by atoms with E-state index >= 15 is 0 Å². The molecule has 0 aliphatic heterocycles. The highest BCUT2D eigenvalue weighted by molar-refractivity contribution is 5.89. The molecule has 9 rings (SSSR count). The molecule has 0 aromatic heterocycles. The minimum atomic E-state index is 1.03. The first-order valence-electron chi connectivity index (χ1n) is 17.6. The highest BCUT2D eigenvalue weighted by Gasteiger charge is 2.13. The highest BCUT2D eigenvalue weighted by atomic mass is 15.1. The minimum absolute atomic E-state index is 1.03. The number of benzene rings is 9. The Balaban J connectivity index is 0.998. The van der Waals surface area contributed by atoms with E-state index in [0.29, 0.717) is 0 Å². The van der Waals surface area contributed by atoms with E-state index in [1.807, 2.05) is 0 Å². The molecule has 4 heteroatoms. The molecule has 9 aromatic carbocycles. The zero-order chi connectivity index (χ0) is 34.7. The van der Waals surface area contributed by atoms with E-state index in [1.54, 1.807) is 0 Å². The van der Waals surface area contributed by atoms with Gasteiger partial charge in [-0.3, -0.25) is 0 Å². The van der Waals surface area contributed by atoms with Crippen molar-refractivity contribution < 1.29 is 0 Å². The quantitative estimate of drug-likeness (QED) is 0.143. The zero-order valence-electron chi connectivity index (χ0n) is 28.5. The van der Waals surface area contributed by atoms with E-state index in [-0.39, 0.29) is 0 Å². The van der Waals surface area contributed by atoms with Crippen LogP contribution in [0.3, 0.4) is 0 Å². The summed E-state index contributed by atoms with van der Waals surface area (Å²) in [4.78, 5) is 2.29. The first kappa shape index (κ1) is 31.0. The van der Waals surface area contributed by atoms with Gasteiger partial charge in [0.1, 0.15) is 0 Å². The van der Waals surface area contributed by atoms with Crippen molar-refractivity contribution in [3.8, 4) is 0 Å². The van der Waals surface area contributed by atoms with Crippen molar-refractivity contribution in [3.63, 3.8) is 0 Å². The van der Waals surface area contributed by atoms with E-state index in [9.17, 15) is 0 Å². The molecular weight excluding hydrogens is 633 g/mol. The average molecular weight is 669 g/mol. The third-order valence-corrected chi connectivity index (χ3v) is 9.49. The molecule has 3 N–H and O–H groups in total. The molecule has 0 aliphatic carbocycles. The van der Waals surface area contributed by atoms with Crippen LogP contribution in [0.2, 0.25) is 0 Å². The van der Waals surface area contributed by atoms with Crippen LogP contribution in [0.5, 0.6) is 0 Å². The van der Waals surface area contributed by atoms with Crippen molar-refractivity contribution in [2.24, 2.45) is 0 Å². The summed E-state index contributed by atoms with van der Waals surface area (Å²) in [6.45, 7) is 0. The van der Waals surface area contributed by atoms with Gasteiger partial charge in [-0.2, -0.15) is 0 Å². The predicted octanol–water partition coefficient (Wildman–Crippen LogP) is 13.8. The monoisotopic (exact) mass is 668 g/mol. The highest BCUT2D eigenvalue weighted by Crippen LogP contribution is 2.37. The van der Waals surface area contributed by atoms with Crippen LogP contribution in [0.4, 0.5) is 51.2 Å². The standard InChI is InChI=1S/C48H36N4/c1-4-10-37-31-43(16-13-34(37)7-1)49-40-19-25-46(26-20-40)52(47-27-21-41(22-28-47)50-44-17-14-35-8-2-5-11-38(35)32-44)48-29-23-42(24-30-48)51-45-18-15-36-9-3-6-12-39(36)33-45/h1-33,49-51H. The van der Waals surface area contributed by atoms with E-state index in [0.717, 1.165) is 51.2 Å². The largest absolute Gasteiger partial charge is 0.356 e. The lowest BCUT2D eigenvalue weighted by atomic mass is 10.1. The summed E-state index contributed by atoms with van der Waals surface area (Å²) in [6.07, 6.45) is 0. The van der Waals surface area contributed by atoms with Gasteiger partial charge in [-0.15, -0.1) is 0 Å². The van der Waals surface area contributed by atoms with Crippen molar-refractivity contribution in [2.45, 2.75) is 0 Å². The Bertz CT molecular complexity index is 2350. The molecule has 0 fully saturated rings. The molecule has 0 aliphatic rings. The second kappa shape index (κ2) is 13.7. The molecule has 0 atom stereocenters. The fraction of sp³-hybridized carbons (Fsp3) is 0. The van der Waals surface area contributed by atoms with Gasteiger partial charge < -0.3 is 20.9 Å². The molecule has 52 heavy (non-hydrogen) atoms. The number of nitrogens with one attached hydrogen (secondary N) is 3.